The van der Waals surface area contributed by atoms with Crippen LogP contribution in [0.25, 0.3) is 22.3 Å². The lowest BCUT2D eigenvalue weighted by Crippen LogP contribution is -2.08. The first-order chi connectivity index (χ1) is 16.7. The van der Waals surface area contributed by atoms with Gasteiger partial charge in [0.1, 0.15) is 0 Å². The van der Waals surface area contributed by atoms with Gasteiger partial charge in [-0.25, -0.2) is 0 Å². The number of rotatable bonds is 6. The van der Waals surface area contributed by atoms with Gasteiger partial charge in [-0.1, -0.05) is 84.9 Å². The lowest BCUT2D eigenvalue weighted by molar-refractivity contribution is -0.137. The first-order valence-electron chi connectivity index (χ1n) is 10.7. The molecule has 0 spiro atoms. The molecule has 0 amide bonds. The summed E-state index contributed by atoms with van der Waals surface area (Å²) in [5.41, 5.74) is 0.433. The van der Waals surface area contributed by atoms with Crippen molar-refractivity contribution in [2.75, 3.05) is 0 Å². The Hall–Kier alpha value is -3.58. The third-order valence-electron chi connectivity index (χ3n) is 5.60. The zero-order chi connectivity index (χ0) is 25.1. The lowest BCUT2D eigenvalue weighted by Gasteiger charge is -2.17. The van der Waals surface area contributed by atoms with Gasteiger partial charge in [0, 0.05) is 0 Å². The molecule has 0 fully saturated rings. The molecule has 0 saturated carbocycles. The molecule has 0 bridgehead atoms. The highest BCUT2D eigenvalue weighted by Crippen LogP contribution is 2.39. The molecule has 0 heterocycles. The van der Waals surface area contributed by atoms with Gasteiger partial charge in [0.05, 0.1) is 24.3 Å². The summed E-state index contributed by atoms with van der Waals surface area (Å²) in [6.45, 7) is -0.0325. The van der Waals surface area contributed by atoms with Crippen LogP contribution in [0, 0.1) is 0 Å². The van der Waals surface area contributed by atoms with Gasteiger partial charge in [0.2, 0.25) is 0 Å². The lowest BCUT2D eigenvalue weighted by atomic mass is 9.95. The quantitative estimate of drug-likeness (QED) is 0.248. The molecule has 0 atom stereocenters. The maximum Gasteiger partial charge on any atom is 0.417 e. The van der Waals surface area contributed by atoms with Crippen LogP contribution in [0.4, 0.5) is 26.3 Å². The van der Waals surface area contributed by atoms with Crippen molar-refractivity contribution in [1.29, 1.82) is 0 Å². The Balaban J connectivity index is 1.60. The first kappa shape index (κ1) is 24.5. The van der Waals surface area contributed by atoms with Crippen LogP contribution in [0.3, 0.4) is 0 Å². The van der Waals surface area contributed by atoms with E-state index in [0.717, 1.165) is 12.1 Å². The predicted octanol–water partition coefficient (Wildman–Crippen LogP) is 8.78. The van der Waals surface area contributed by atoms with Crippen LogP contribution >= 0.6 is 0 Å². The van der Waals surface area contributed by atoms with E-state index in [-0.39, 0.29) is 24.3 Å². The topological polar surface area (TPSA) is 9.23 Å². The molecular formula is C28H20F6O. The molecule has 0 aliphatic rings. The number of hydrogen-bond acceptors (Lipinski definition) is 1. The normalized spacial score (nSPS) is 12.1. The van der Waals surface area contributed by atoms with Gasteiger partial charge in [-0.3, -0.25) is 0 Å². The fourth-order valence-electron chi connectivity index (χ4n) is 4.02. The molecule has 0 unspecified atom stereocenters. The number of halogens is 6. The summed E-state index contributed by atoms with van der Waals surface area (Å²) in [6.07, 6.45) is -9.04. The van der Waals surface area contributed by atoms with Crippen LogP contribution in [0.1, 0.15) is 22.3 Å². The van der Waals surface area contributed by atoms with E-state index in [1.54, 1.807) is 48.5 Å². The van der Waals surface area contributed by atoms with Crippen molar-refractivity contribution < 1.29 is 31.1 Å². The Bertz CT molecular complexity index is 1210. The van der Waals surface area contributed by atoms with Crippen molar-refractivity contribution in [2.24, 2.45) is 0 Å². The minimum absolute atomic E-state index is 0.0163. The Labute approximate surface area is 198 Å². The average Bonchev–Trinajstić information content (AvgIpc) is 2.84. The fourth-order valence-corrected chi connectivity index (χ4v) is 4.02. The third-order valence-corrected chi connectivity index (χ3v) is 5.60. The van der Waals surface area contributed by atoms with Gasteiger partial charge in [0.15, 0.2) is 0 Å². The summed E-state index contributed by atoms with van der Waals surface area (Å²) in [4.78, 5) is 0. The molecule has 180 valence electrons. The second-order valence-electron chi connectivity index (χ2n) is 7.89. The van der Waals surface area contributed by atoms with Crippen LogP contribution in [0.5, 0.6) is 0 Å². The van der Waals surface area contributed by atoms with Gasteiger partial charge in [-0.2, -0.15) is 26.3 Å². The van der Waals surface area contributed by atoms with Crippen molar-refractivity contribution in [2.45, 2.75) is 25.6 Å². The van der Waals surface area contributed by atoms with E-state index in [1.165, 1.54) is 36.4 Å². The van der Waals surface area contributed by atoms with Crippen LogP contribution in [-0.4, -0.2) is 0 Å². The summed E-state index contributed by atoms with van der Waals surface area (Å²) in [6, 6.07) is 23.9. The fraction of sp³-hybridized carbons (Fsp3) is 0.143. The maximum atomic E-state index is 13.5. The first-order valence-corrected chi connectivity index (χ1v) is 10.7. The van der Waals surface area contributed by atoms with Gasteiger partial charge in [-0.05, 0) is 45.5 Å². The Morgan fingerprint density at radius 3 is 1.11 bits per heavy atom. The van der Waals surface area contributed by atoms with Crippen LogP contribution in [0.2, 0.25) is 0 Å². The summed E-state index contributed by atoms with van der Waals surface area (Å²) in [5, 5.41) is 0. The molecule has 4 aromatic carbocycles. The maximum absolute atomic E-state index is 13.5. The van der Waals surface area contributed by atoms with Gasteiger partial charge in [0.25, 0.3) is 0 Å². The average molecular weight is 486 g/mol. The highest BCUT2D eigenvalue weighted by Gasteiger charge is 2.34. The molecule has 1 nitrogen and oxygen atoms in total. The van der Waals surface area contributed by atoms with Crippen LogP contribution in [0.15, 0.2) is 97.1 Å². The number of alkyl halides is 6. The second kappa shape index (κ2) is 9.96. The highest BCUT2D eigenvalue weighted by atomic mass is 19.4. The van der Waals surface area contributed by atoms with Crippen molar-refractivity contribution in [3.05, 3.63) is 119 Å². The van der Waals surface area contributed by atoms with Crippen molar-refractivity contribution in [1.82, 2.24) is 0 Å². The van der Waals surface area contributed by atoms with Crippen molar-refractivity contribution in [3.8, 4) is 22.3 Å². The van der Waals surface area contributed by atoms with E-state index in [2.05, 4.69) is 0 Å². The summed E-state index contributed by atoms with van der Waals surface area (Å²) < 4.78 is 87.1. The van der Waals surface area contributed by atoms with Crippen LogP contribution < -0.4 is 0 Å². The Morgan fingerprint density at radius 1 is 0.429 bits per heavy atom. The van der Waals surface area contributed by atoms with Gasteiger partial charge >= 0.3 is 12.4 Å². The van der Waals surface area contributed by atoms with Gasteiger partial charge < -0.3 is 4.74 Å². The van der Waals surface area contributed by atoms with Crippen LogP contribution in [-0.2, 0) is 30.3 Å². The molecule has 7 heteroatoms. The van der Waals surface area contributed by atoms with E-state index >= 15 is 0 Å². The molecule has 0 N–H and O–H groups in total. The molecule has 0 aromatic heterocycles. The number of ether oxygens (including phenoxy) is 1. The largest absolute Gasteiger partial charge is 0.417 e. The molecule has 35 heavy (non-hydrogen) atoms. The van der Waals surface area contributed by atoms with E-state index in [9.17, 15) is 26.3 Å². The van der Waals surface area contributed by atoms with E-state index in [4.69, 9.17) is 4.74 Å². The minimum atomic E-state index is -4.52. The molecular weight excluding hydrogens is 466 g/mol. The molecule has 4 aromatic rings. The monoisotopic (exact) mass is 486 g/mol. The molecule has 4 rings (SSSR count). The summed E-state index contributed by atoms with van der Waals surface area (Å²) >= 11 is 0. The SMILES string of the molecule is FC(F)(F)c1ccccc1-c1ccccc1COCc1ccccc1-c1ccccc1C(F)(F)F. The second-order valence-corrected chi connectivity index (χ2v) is 7.89. The summed E-state index contributed by atoms with van der Waals surface area (Å²) in [7, 11) is 0. The molecule has 0 radical (unpaired) electrons. The zero-order valence-corrected chi connectivity index (χ0v) is 18.3. The smallest absolute Gasteiger partial charge is 0.372 e. The zero-order valence-electron chi connectivity index (χ0n) is 18.3. The van der Waals surface area contributed by atoms with Crippen molar-refractivity contribution in [3.63, 3.8) is 0 Å². The van der Waals surface area contributed by atoms with E-state index in [0.29, 0.717) is 22.3 Å². The molecule has 0 aliphatic heterocycles. The highest BCUT2D eigenvalue weighted by molar-refractivity contribution is 5.72. The standard InChI is InChI=1S/C28H20F6O/c29-27(30,31)25-15-7-5-13-23(25)21-11-3-1-9-19(21)17-35-18-20-10-2-4-12-22(20)24-14-6-8-16-26(24)28(32,33)34/h1-16H,17-18H2. The van der Waals surface area contributed by atoms with E-state index < -0.39 is 23.5 Å². The Kier molecular flexibility index (Phi) is 6.98. The number of hydrogen-bond donors (Lipinski definition) is 0. The molecule has 0 aliphatic carbocycles. The molecule has 0 saturated heterocycles. The number of benzene rings is 4. The van der Waals surface area contributed by atoms with E-state index in [1.807, 2.05) is 0 Å². The predicted molar refractivity (Wildman–Crippen MR) is 122 cm³/mol. The van der Waals surface area contributed by atoms with Crippen molar-refractivity contribution >= 4 is 0 Å². The Morgan fingerprint density at radius 2 is 0.743 bits per heavy atom. The summed E-state index contributed by atoms with van der Waals surface area (Å²) in [5.74, 6) is 0. The van der Waals surface area contributed by atoms with Gasteiger partial charge in [-0.15, -0.1) is 0 Å². The minimum Gasteiger partial charge on any atom is -0.372 e. The third kappa shape index (κ3) is 5.57.